The first kappa shape index (κ1) is 13.0. The summed E-state index contributed by atoms with van der Waals surface area (Å²) < 4.78 is 0. The van der Waals surface area contributed by atoms with E-state index in [9.17, 15) is 0 Å². The van der Waals surface area contributed by atoms with Gasteiger partial charge in [-0.15, -0.1) is 0 Å². The van der Waals surface area contributed by atoms with E-state index >= 15 is 0 Å². The molecule has 0 aromatic carbocycles. The van der Waals surface area contributed by atoms with Crippen LogP contribution in [0.3, 0.4) is 0 Å². The van der Waals surface area contributed by atoms with Crippen molar-refractivity contribution in [3.8, 4) is 0 Å². The zero-order valence-electron chi connectivity index (χ0n) is 12.4. The highest BCUT2D eigenvalue weighted by atomic mass is 14.4. The Labute approximate surface area is 114 Å². The predicted molar refractivity (Wildman–Crippen MR) is 78.5 cm³/mol. The van der Waals surface area contributed by atoms with Gasteiger partial charge in [0, 0.05) is 0 Å². The summed E-state index contributed by atoms with van der Waals surface area (Å²) in [5.41, 5.74) is 0. The average Bonchev–Trinajstić information content (AvgIpc) is 2.54. The van der Waals surface area contributed by atoms with E-state index in [0.29, 0.717) is 0 Å². The number of hydrogen-bond donors (Lipinski definition) is 0. The third-order valence-electron chi connectivity index (χ3n) is 6.66. The summed E-state index contributed by atoms with van der Waals surface area (Å²) in [4.78, 5) is 0. The molecule has 0 radical (unpaired) electrons. The van der Waals surface area contributed by atoms with Crippen LogP contribution in [0.2, 0.25) is 0 Å². The van der Waals surface area contributed by atoms with E-state index in [0.717, 1.165) is 29.6 Å². The zero-order valence-corrected chi connectivity index (χ0v) is 12.4. The Balaban J connectivity index is 1.54. The van der Waals surface area contributed by atoms with E-state index in [4.69, 9.17) is 0 Å². The fraction of sp³-hybridized carbons (Fsp3) is 1.00. The minimum absolute atomic E-state index is 1.03. The van der Waals surface area contributed by atoms with Crippen LogP contribution in [0.25, 0.3) is 0 Å². The van der Waals surface area contributed by atoms with Gasteiger partial charge in [-0.1, -0.05) is 64.7 Å². The maximum absolute atomic E-state index is 2.54. The molecule has 3 fully saturated rings. The second kappa shape index (κ2) is 5.97. The highest BCUT2D eigenvalue weighted by molar-refractivity contribution is 4.85. The maximum atomic E-state index is 2.54. The fourth-order valence-electron chi connectivity index (χ4n) is 5.22. The first-order valence-electron chi connectivity index (χ1n) is 8.84. The van der Waals surface area contributed by atoms with Crippen molar-refractivity contribution in [1.82, 2.24) is 0 Å². The minimum Gasteiger partial charge on any atom is -0.0622 e. The third-order valence-corrected chi connectivity index (χ3v) is 6.66. The molecule has 0 saturated heterocycles. The lowest BCUT2D eigenvalue weighted by Crippen LogP contribution is -2.25. The summed E-state index contributed by atoms with van der Waals surface area (Å²) in [7, 11) is 0. The standard InChI is InChI=1S/C18H32/c1-14-6-2-3-11-18(14)17-10-5-9-16(12-13-17)15-7-4-8-15/h14-18H,2-13H2,1H3/t14?,16-,17?,18?/m1/s1. The van der Waals surface area contributed by atoms with Gasteiger partial charge in [-0.25, -0.2) is 0 Å². The van der Waals surface area contributed by atoms with Crippen LogP contribution in [0.4, 0.5) is 0 Å². The lowest BCUT2D eigenvalue weighted by atomic mass is 9.70. The van der Waals surface area contributed by atoms with Gasteiger partial charge in [0.25, 0.3) is 0 Å². The van der Waals surface area contributed by atoms with Crippen LogP contribution < -0.4 is 0 Å². The predicted octanol–water partition coefficient (Wildman–Crippen LogP) is 5.81. The Kier molecular flexibility index (Phi) is 4.31. The van der Waals surface area contributed by atoms with Crippen LogP contribution in [0.1, 0.15) is 84.0 Å². The molecule has 0 nitrogen and oxygen atoms in total. The third kappa shape index (κ3) is 2.78. The van der Waals surface area contributed by atoms with Gasteiger partial charge >= 0.3 is 0 Å². The minimum atomic E-state index is 1.03. The molecule has 3 unspecified atom stereocenters. The van der Waals surface area contributed by atoms with Crippen molar-refractivity contribution in [3.05, 3.63) is 0 Å². The molecular formula is C18H32. The molecule has 0 bridgehead atoms. The van der Waals surface area contributed by atoms with Crippen molar-refractivity contribution in [1.29, 1.82) is 0 Å². The zero-order chi connectivity index (χ0) is 12.4. The molecule has 104 valence electrons. The summed E-state index contributed by atoms with van der Waals surface area (Å²) in [5, 5.41) is 0. The summed E-state index contributed by atoms with van der Waals surface area (Å²) in [6, 6.07) is 0. The fourth-order valence-corrected chi connectivity index (χ4v) is 5.22. The first-order valence-corrected chi connectivity index (χ1v) is 8.84. The molecule has 0 aliphatic heterocycles. The SMILES string of the molecule is CC1CCCCC1C1CCC[C@@H](C2CCC2)CC1. The smallest absolute Gasteiger partial charge is 0.0360 e. The van der Waals surface area contributed by atoms with Crippen molar-refractivity contribution < 1.29 is 0 Å². The molecule has 0 heteroatoms. The average molecular weight is 248 g/mol. The molecule has 0 aromatic heterocycles. The van der Waals surface area contributed by atoms with Gasteiger partial charge in [-0.3, -0.25) is 0 Å². The summed E-state index contributed by atoms with van der Waals surface area (Å²) in [5.74, 6) is 5.50. The van der Waals surface area contributed by atoms with E-state index in [2.05, 4.69) is 6.92 Å². The van der Waals surface area contributed by atoms with Crippen molar-refractivity contribution in [2.24, 2.45) is 29.6 Å². The van der Waals surface area contributed by atoms with Crippen LogP contribution in [0, 0.1) is 29.6 Å². The van der Waals surface area contributed by atoms with Gasteiger partial charge in [0.1, 0.15) is 0 Å². The van der Waals surface area contributed by atoms with Gasteiger partial charge in [0.15, 0.2) is 0 Å². The van der Waals surface area contributed by atoms with Gasteiger partial charge in [-0.2, -0.15) is 0 Å². The summed E-state index contributed by atoms with van der Waals surface area (Å²) >= 11 is 0. The van der Waals surface area contributed by atoms with E-state index in [1.807, 2.05) is 0 Å². The van der Waals surface area contributed by atoms with E-state index in [1.54, 1.807) is 51.4 Å². The van der Waals surface area contributed by atoms with Crippen LogP contribution in [0.5, 0.6) is 0 Å². The Morgan fingerprint density at radius 1 is 0.500 bits per heavy atom. The largest absolute Gasteiger partial charge is 0.0622 e. The highest BCUT2D eigenvalue weighted by Crippen LogP contribution is 2.45. The van der Waals surface area contributed by atoms with Crippen LogP contribution in [-0.2, 0) is 0 Å². The Hall–Kier alpha value is 0. The maximum Gasteiger partial charge on any atom is -0.0360 e. The Bertz CT molecular complexity index is 253. The van der Waals surface area contributed by atoms with Crippen LogP contribution in [0.15, 0.2) is 0 Å². The quantitative estimate of drug-likeness (QED) is 0.541. The topological polar surface area (TPSA) is 0 Å². The van der Waals surface area contributed by atoms with Crippen molar-refractivity contribution in [2.45, 2.75) is 84.0 Å². The Morgan fingerprint density at radius 3 is 1.78 bits per heavy atom. The van der Waals surface area contributed by atoms with Gasteiger partial charge in [0.2, 0.25) is 0 Å². The lowest BCUT2D eigenvalue weighted by Gasteiger charge is -2.36. The van der Waals surface area contributed by atoms with Gasteiger partial charge in [-0.05, 0) is 48.9 Å². The molecule has 3 rings (SSSR count). The second-order valence-electron chi connectivity index (χ2n) is 7.64. The first-order chi connectivity index (χ1) is 8.84. The number of rotatable bonds is 2. The normalized spacial score (nSPS) is 43.2. The van der Waals surface area contributed by atoms with Crippen molar-refractivity contribution >= 4 is 0 Å². The molecule has 0 spiro atoms. The van der Waals surface area contributed by atoms with Gasteiger partial charge < -0.3 is 0 Å². The number of hydrogen-bond acceptors (Lipinski definition) is 0. The summed E-state index contributed by atoms with van der Waals surface area (Å²) in [6.07, 6.45) is 18.6. The monoisotopic (exact) mass is 248 g/mol. The molecule has 0 N–H and O–H groups in total. The van der Waals surface area contributed by atoms with E-state index in [1.165, 1.54) is 25.7 Å². The van der Waals surface area contributed by atoms with E-state index in [-0.39, 0.29) is 0 Å². The highest BCUT2D eigenvalue weighted by Gasteiger charge is 2.33. The van der Waals surface area contributed by atoms with Crippen molar-refractivity contribution in [2.75, 3.05) is 0 Å². The molecule has 18 heavy (non-hydrogen) atoms. The lowest BCUT2D eigenvalue weighted by molar-refractivity contribution is 0.151. The molecule has 3 aliphatic rings. The molecule has 0 amide bonds. The second-order valence-corrected chi connectivity index (χ2v) is 7.64. The molecule has 0 aromatic rings. The molecule has 0 heterocycles. The van der Waals surface area contributed by atoms with Gasteiger partial charge in [0.05, 0.1) is 0 Å². The Morgan fingerprint density at radius 2 is 1.06 bits per heavy atom. The van der Waals surface area contributed by atoms with Crippen LogP contribution in [-0.4, -0.2) is 0 Å². The van der Waals surface area contributed by atoms with Crippen molar-refractivity contribution in [3.63, 3.8) is 0 Å². The molecule has 3 aliphatic carbocycles. The molecular weight excluding hydrogens is 216 g/mol. The van der Waals surface area contributed by atoms with E-state index < -0.39 is 0 Å². The molecule has 3 saturated carbocycles. The van der Waals surface area contributed by atoms with Crippen LogP contribution >= 0.6 is 0 Å². The molecule has 4 atom stereocenters. The summed E-state index contributed by atoms with van der Waals surface area (Å²) in [6.45, 7) is 2.54.